The highest BCUT2D eigenvalue weighted by atomic mass is 32.2. The van der Waals surface area contributed by atoms with Crippen molar-refractivity contribution in [1.29, 1.82) is 0 Å². The monoisotopic (exact) mass is 743 g/mol. The van der Waals surface area contributed by atoms with E-state index in [1.807, 2.05) is 48.5 Å². The third kappa shape index (κ3) is 6.70. The lowest BCUT2D eigenvalue weighted by Crippen LogP contribution is -2.60. The number of benzene rings is 2. The standard InChI is InChI=1S/C39H45N5O8S/c1-2-23-22-39(23,37(47)43-53(49,50)25-19-20-25)41-35(45)32-21-33(52-42-34-28-15-7-5-13-26(28)27-14-6-8-16-29(27)34)31-18-10-9-17-30(36(46)44(31)32)40-38(48)51-24-11-3-4-12-24/h2,5-8,13-16,23-25,30-33H,1,3-4,9-12,17-22H2,(H,40,48)(H,41,45)(H,43,47)/t23-,30?,31?,32+,33-,39?/m1/s1. The van der Waals surface area contributed by atoms with Gasteiger partial charge in [-0.25, -0.2) is 13.2 Å². The molecule has 2 aliphatic heterocycles. The number of oxime groups is 1. The average molecular weight is 744 g/mol. The first-order valence-corrected chi connectivity index (χ1v) is 20.4. The van der Waals surface area contributed by atoms with Gasteiger partial charge in [0.1, 0.15) is 35.5 Å². The summed E-state index contributed by atoms with van der Waals surface area (Å²) in [7, 11) is -3.88. The first kappa shape index (κ1) is 35.3. The molecule has 2 aromatic rings. The van der Waals surface area contributed by atoms with E-state index in [9.17, 15) is 27.6 Å². The van der Waals surface area contributed by atoms with Crippen molar-refractivity contribution < 1.29 is 37.2 Å². The highest BCUT2D eigenvalue weighted by Gasteiger charge is 2.62. The molecule has 0 radical (unpaired) electrons. The summed E-state index contributed by atoms with van der Waals surface area (Å²) >= 11 is 0. The lowest BCUT2D eigenvalue weighted by molar-refractivity contribution is -0.144. The van der Waals surface area contributed by atoms with Gasteiger partial charge in [0, 0.05) is 23.5 Å². The van der Waals surface area contributed by atoms with E-state index in [2.05, 4.69) is 21.9 Å². The van der Waals surface area contributed by atoms with E-state index in [1.165, 1.54) is 11.0 Å². The molecule has 3 unspecified atom stereocenters. The fourth-order valence-electron chi connectivity index (χ4n) is 8.59. The first-order valence-electron chi connectivity index (χ1n) is 18.8. The second kappa shape index (κ2) is 13.9. The van der Waals surface area contributed by atoms with Gasteiger partial charge in [-0.3, -0.25) is 19.1 Å². The SMILES string of the molecule is C=C[C@@H]1CC1(NC(=O)[C@@H]1C[C@@H](ON=C2c3ccccc3-c3ccccc32)C2CCCCC(NC(=O)OC3CCCC3)C(=O)N21)C(=O)NS(=O)(=O)C1CC1. The van der Waals surface area contributed by atoms with Crippen LogP contribution in [0.15, 0.2) is 66.3 Å². The van der Waals surface area contributed by atoms with E-state index in [1.54, 1.807) is 0 Å². The van der Waals surface area contributed by atoms with Crippen LogP contribution in [0.3, 0.4) is 0 Å². The number of carbonyl (C=O) groups is 4. The maximum atomic E-state index is 14.5. The molecule has 53 heavy (non-hydrogen) atoms. The minimum Gasteiger partial charge on any atom is -0.446 e. The Morgan fingerprint density at radius 1 is 0.887 bits per heavy atom. The molecule has 13 nitrogen and oxygen atoms in total. The molecule has 0 aromatic heterocycles. The van der Waals surface area contributed by atoms with E-state index in [-0.39, 0.29) is 18.9 Å². The van der Waals surface area contributed by atoms with Crippen LogP contribution in [0.5, 0.6) is 0 Å². The van der Waals surface area contributed by atoms with Crippen LogP contribution in [-0.4, -0.2) is 84.0 Å². The third-order valence-electron chi connectivity index (χ3n) is 11.7. The van der Waals surface area contributed by atoms with Crippen LogP contribution in [0.2, 0.25) is 0 Å². The van der Waals surface area contributed by atoms with Gasteiger partial charge >= 0.3 is 6.09 Å². The summed E-state index contributed by atoms with van der Waals surface area (Å²) in [5.74, 6) is -2.38. The maximum absolute atomic E-state index is 14.5. The predicted octanol–water partition coefficient (Wildman–Crippen LogP) is 4.05. The molecule has 280 valence electrons. The number of hydrogen-bond donors (Lipinski definition) is 3. The zero-order chi connectivity index (χ0) is 36.9. The normalized spacial score (nSPS) is 29.1. The van der Waals surface area contributed by atoms with Gasteiger partial charge in [-0.15, -0.1) is 6.58 Å². The van der Waals surface area contributed by atoms with Gasteiger partial charge in [0.2, 0.25) is 21.8 Å². The molecule has 8 rings (SSSR count). The number of amides is 4. The lowest BCUT2D eigenvalue weighted by Gasteiger charge is -2.36. The lowest BCUT2D eigenvalue weighted by atomic mass is 9.98. The second-order valence-corrected chi connectivity index (χ2v) is 17.2. The van der Waals surface area contributed by atoms with Crippen molar-refractivity contribution in [3.8, 4) is 11.1 Å². The van der Waals surface area contributed by atoms with Crippen LogP contribution in [-0.2, 0) is 34.0 Å². The summed E-state index contributed by atoms with van der Waals surface area (Å²) in [4.78, 5) is 63.3. The Labute approximate surface area is 309 Å². The third-order valence-corrected chi connectivity index (χ3v) is 13.5. The quantitative estimate of drug-likeness (QED) is 0.206. The topological polar surface area (TPSA) is 173 Å². The summed E-state index contributed by atoms with van der Waals surface area (Å²) in [5, 5.41) is 9.70. The summed E-state index contributed by atoms with van der Waals surface area (Å²) in [5.41, 5.74) is 3.01. The van der Waals surface area contributed by atoms with Crippen LogP contribution >= 0.6 is 0 Å². The van der Waals surface area contributed by atoms with Crippen LogP contribution in [0.4, 0.5) is 4.79 Å². The minimum absolute atomic E-state index is 0.0678. The Kier molecular flexibility index (Phi) is 9.28. The Bertz CT molecular complexity index is 1930. The van der Waals surface area contributed by atoms with Gasteiger partial charge < -0.3 is 25.1 Å². The molecule has 2 aromatic carbocycles. The largest absolute Gasteiger partial charge is 0.446 e. The van der Waals surface area contributed by atoms with Crippen LogP contribution in [0.1, 0.15) is 88.2 Å². The molecule has 0 bridgehead atoms. The molecule has 4 amide bonds. The molecule has 6 aliphatic rings. The molecular formula is C39H45N5O8S. The number of fused-ring (bicyclic) bond motifs is 4. The second-order valence-electron chi connectivity index (χ2n) is 15.2. The Balaban J connectivity index is 1.08. The predicted molar refractivity (Wildman–Crippen MR) is 195 cm³/mol. The van der Waals surface area contributed by atoms with Crippen LogP contribution in [0, 0.1) is 5.92 Å². The summed E-state index contributed by atoms with van der Waals surface area (Å²) in [6.45, 7) is 3.80. The fourth-order valence-corrected chi connectivity index (χ4v) is 9.96. The maximum Gasteiger partial charge on any atom is 0.408 e. The van der Waals surface area contributed by atoms with E-state index >= 15 is 0 Å². The molecule has 3 N–H and O–H groups in total. The molecule has 14 heteroatoms. The van der Waals surface area contributed by atoms with Gasteiger partial charge in [-0.05, 0) is 68.9 Å². The highest BCUT2D eigenvalue weighted by molar-refractivity contribution is 7.91. The van der Waals surface area contributed by atoms with Gasteiger partial charge in [-0.1, -0.05) is 72.6 Å². The summed E-state index contributed by atoms with van der Waals surface area (Å²) < 4.78 is 33.3. The number of rotatable bonds is 10. The molecule has 4 aliphatic carbocycles. The molecule has 6 atom stereocenters. The van der Waals surface area contributed by atoms with Crippen molar-refractivity contribution in [2.75, 3.05) is 0 Å². The van der Waals surface area contributed by atoms with Crippen molar-refractivity contribution in [3.05, 3.63) is 72.3 Å². The number of alkyl carbamates (subject to hydrolysis) is 1. The number of carbonyl (C=O) groups excluding carboxylic acids is 4. The Morgan fingerprint density at radius 3 is 2.13 bits per heavy atom. The number of nitrogens with zero attached hydrogens (tertiary/aromatic N) is 2. The highest BCUT2D eigenvalue weighted by Crippen LogP contribution is 2.46. The van der Waals surface area contributed by atoms with E-state index in [0.717, 1.165) is 47.9 Å². The zero-order valence-corrected chi connectivity index (χ0v) is 30.3. The molecule has 5 fully saturated rings. The van der Waals surface area contributed by atoms with Gasteiger partial charge in [0.05, 0.1) is 11.3 Å². The minimum atomic E-state index is -3.88. The van der Waals surface area contributed by atoms with Crippen LogP contribution < -0.4 is 15.4 Å². The van der Waals surface area contributed by atoms with Crippen molar-refractivity contribution in [1.82, 2.24) is 20.3 Å². The van der Waals surface area contributed by atoms with E-state index in [4.69, 9.17) is 14.7 Å². The van der Waals surface area contributed by atoms with Crippen LogP contribution in [0.25, 0.3) is 11.1 Å². The van der Waals surface area contributed by atoms with Crippen molar-refractivity contribution in [2.45, 2.75) is 118 Å². The number of sulfonamides is 1. The number of hydrogen-bond acceptors (Lipinski definition) is 9. The fraction of sp³-hybridized carbons (Fsp3) is 0.513. The summed E-state index contributed by atoms with van der Waals surface area (Å²) in [6, 6.07) is 13.2. The first-order chi connectivity index (χ1) is 25.6. The Hall–Kier alpha value is -4.72. The van der Waals surface area contributed by atoms with Crippen molar-refractivity contribution in [3.63, 3.8) is 0 Å². The Morgan fingerprint density at radius 2 is 1.51 bits per heavy atom. The molecule has 3 saturated carbocycles. The zero-order valence-electron chi connectivity index (χ0n) is 29.5. The van der Waals surface area contributed by atoms with Gasteiger partial charge in [0.15, 0.2) is 0 Å². The van der Waals surface area contributed by atoms with Crippen molar-refractivity contribution >= 4 is 39.5 Å². The molecule has 2 heterocycles. The van der Waals surface area contributed by atoms with Gasteiger partial charge in [-0.2, -0.15) is 0 Å². The molecular weight excluding hydrogens is 699 g/mol. The van der Waals surface area contributed by atoms with Crippen molar-refractivity contribution in [2.24, 2.45) is 11.1 Å². The smallest absolute Gasteiger partial charge is 0.408 e. The van der Waals surface area contributed by atoms with Gasteiger partial charge in [0.25, 0.3) is 5.91 Å². The average Bonchev–Trinajstić information content (AvgIpc) is 4.00. The number of nitrogens with one attached hydrogen (secondary N) is 3. The van der Waals surface area contributed by atoms with E-state index in [0.29, 0.717) is 44.2 Å². The summed E-state index contributed by atoms with van der Waals surface area (Å²) in [6.07, 6.45) is 6.92. The molecule has 2 saturated heterocycles. The molecule has 0 spiro atoms. The van der Waals surface area contributed by atoms with E-state index < -0.39 is 74.8 Å². The number of ether oxygens (including phenoxy) is 1.